The van der Waals surface area contributed by atoms with Crippen molar-refractivity contribution >= 4 is 29.2 Å². The molecule has 2 N–H and O–H groups in total. The van der Waals surface area contributed by atoms with Crippen LogP contribution in [-0.2, 0) is 15.1 Å². The van der Waals surface area contributed by atoms with Crippen LogP contribution in [0.2, 0.25) is 0 Å². The van der Waals surface area contributed by atoms with Crippen LogP contribution in [0.15, 0.2) is 42.5 Å². The van der Waals surface area contributed by atoms with Gasteiger partial charge in [0, 0.05) is 23.4 Å². The molecule has 1 saturated heterocycles. The van der Waals surface area contributed by atoms with Crippen LogP contribution in [0.25, 0.3) is 0 Å². The number of nitrogens with zero attached hydrogens (tertiary/aromatic N) is 2. The number of hydrogen-bond acceptors (Lipinski definition) is 5. The molecule has 0 spiro atoms. The van der Waals surface area contributed by atoms with Crippen molar-refractivity contribution < 1.29 is 28.1 Å². The lowest BCUT2D eigenvalue weighted by molar-refractivity contribution is -0.384. The number of imide groups is 1. The number of nitro benzene ring substituents is 1. The molecule has 0 bridgehead atoms. The first-order chi connectivity index (χ1) is 13.6. The molecule has 1 aliphatic heterocycles. The van der Waals surface area contributed by atoms with Gasteiger partial charge in [-0.05, 0) is 37.3 Å². The predicted octanol–water partition coefficient (Wildman–Crippen LogP) is 2.28. The minimum Gasteiger partial charge on any atom is -0.325 e. The molecule has 4 amide bonds. The lowest BCUT2D eigenvalue weighted by Gasteiger charge is -2.22. The highest BCUT2D eigenvalue weighted by Crippen LogP contribution is 2.31. The summed E-state index contributed by atoms with van der Waals surface area (Å²) in [5.41, 5.74) is -2.21. The molecule has 1 fully saturated rings. The fourth-order valence-corrected chi connectivity index (χ4v) is 2.91. The Morgan fingerprint density at radius 3 is 2.48 bits per heavy atom. The number of benzene rings is 2. The Bertz CT molecular complexity index is 1030. The first kappa shape index (κ1) is 19.9. The minimum absolute atomic E-state index is 0.176. The molecule has 29 heavy (non-hydrogen) atoms. The molecular weight excluding hydrogens is 390 g/mol. The summed E-state index contributed by atoms with van der Waals surface area (Å²) in [6.07, 6.45) is 0. The highest BCUT2D eigenvalue weighted by molar-refractivity contribution is 6.10. The lowest BCUT2D eigenvalue weighted by atomic mass is 9.91. The van der Waals surface area contributed by atoms with Crippen molar-refractivity contribution in [2.75, 3.05) is 11.9 Å². The summed E-state index contributed by atoms with van der Waals surface area (Å²) in [5.74, 6) is -3.36. The topological polar surface area (TPSA) is 122 Å². The number of anilines is 1. The number of nitrogens with one attached hydrogen (secondary N) is 2. The Balaban J connectivity index is 1.75. The molecule has 0 saturated carbocycles. The van der Waals surface area contributed by atoms with Crippen molar-refractivity contribution in [3.8, 4) is 0 Å². The monoisotopic (exact) mass is 404 g/mol. The van der Waals surface area contributed by atoms with Crippen molar-refractivity contribution in [1.29, 1.82) is 0 Å². The van der Waals surface area contributed by atoms with E-state index in [9.17, 15) is 33.3 Å². The van der Waals surface area contributed by atoms with Gasteiger partial charge < -0.3 is 10.6 Å². The third kappa shape index (κ3) is 3.74. The summed E-state index contributed by atoms with van der Waals surface area (Å²) in [6, 6.07) is 6.48. The molecule has 1 aliphatic rings. The van der Waals surface area contributed by atoms with E-state index >= 15 is 0 Å². The summed E-state index contributed by atoms with van der Waals surface area (Å²) in [6.45, 7) is 0.521. The highest BCUT2D eigenvalue weighted by Gasteiger charge is 2.50. The molecule has 3 rings (SSSR count). The van der Waals surface area contributed by atoms with Gasteiger partial charge in [-0.15, -0.1) is 0 Å². The smallest absolute Gasteiger partial charge is 0.325 e. The molecule has 1 atom stereocenters. The van der Waals surface area contributed by atoms with E-state index in [2.05, 4.69) is 10.6 Å². The van der Waals surface area contributed by atoms with E-state index in [4.69, 9.17) is 0 Å². The average molecular weight is 404 g/mol. The van der Waals surface area contributed by atoms with Crippen LogP contribution in [0.3, 0.4) is 0 Å². The average Bonchev–Trinajstić information content (AvgIpc) is 2.88. The van der Waals surface area contributed by atoms with Crippen LogP contribution >= 0.6 is 0 Å². The van der Waals surface area contributed by atoms with E-state index in [1.165, 1.54) is 31.2 Å². The van der Waals surface area contributed by atoms with E-state index in [0.717, 1.165) is 18.2 Å². The van der Waals surface area contributed by atoms with Gasteiger partial charge in [-0.2, -0.15) is 0 Å². The van der Waals surface area contributed by atoms with Crippen LogP contribution in [0.4, 0.5) is 25.0 Å². The fraction of sp³-hybridized carbons (Fsp3) is 0.167. The number of amides is 4. The van der Waals surface area contributed by atoms with Gasteiger partial charge in [-0.25, -0.2) is 13.6 Å². The maximum atomic E-state index is 14.1. The van der Waals surface area contributed by atoms with Crippen LogP contribution in [0.5, 0.6) is 0 Å². The van der Waals surface area contributed by atoms with Crippen LogP contribution < -0.4 is 10.6 Å². The maximum Gasteiger partial charge on any atom is 0.325 e. The second kappa shape index (κ2) is 7.26. The molecule has 0 unspecified atom stereocenters. The number of hydrogen-bond donors (Lipinski definition) is 2. The van der Waals surface area contributed by atoms with Crippen molar-refractivity contribution in [1.82, 2.24) is 10.2 Å². The van der Waals surface area contributed by atoms with E-state index in [1.807, 2.05) is 0 Å². The van der Waals surface area contributed by atoms with Crippen molar-refractivity contribution in [2.24, 2.45) is 0 Å². The Morgan fingerprint density at radius 1 is 1.21 bits per heavy atom. The molecule has 0 aromatic heterocycles. The summed E-state index contributed by atoms with van der Waals surface area (Å²) in [4.78, 5) is 47.7. The van der Waals surface area contributed by atoms with Gasteiger partial charge >= 0.3 is 6.03 Å². The van der Waals surface area contributed by atoms with Gasteiger partial charge in [-0.1, -0.05) is 0 Å². The second-order valence-electron chi connectivity index (χ2n) is 6.42. The molecule has 150 valence electrons. The molecular formula is C18H14F2N4O5. The molecule has 1 heterocycles. The third-order valence-electron chi connectivity index (χ3n) is 4.41. The van der Waals surface area contributed by atoms with Gasteiger partial charge in [0.2, 0.25) is 5.91 Å². The molecule has 11 heteroatoms. The van der Waals surface area contributed by atoms with E-state index in [0.29, 0.717) is 4.90 Å². The Kier molecular flexibility index (Phi) is 4.97. The van der Waals surface area contributed by atoms with Gasteiger partial charge in [0.15, 0.2) is 0 Å². The van der Waals surface area contributed by atoms with Crippen molar-refractivity contribution in [3.05, 3.63) is 69.8 Å². The molecule has 0 radical (unpaired) electrons. The maximum absolute atomic E-state index is 14.1. The van der Waals surface area contributed by atoms with E-state index < -0.39 is 46.5 Å². The quantitative estimate of drug-likeness (QED) is 0.450. The minimum atomic E-state index is -1.88. The number of urea groups is 1. The zero-order valence-electron chi connectivity index (χ0n) is 14.9. The zero-order chi connectivity index (χ0) is 21.3. The Hall–Kier alpha value is -3.89. The van der Waals surface area contributed by atoms with Crippen LogP contribution in [0, 0.1) is 21.7 Å². The lowest BCUT2D eigenvalue weighted by Crippen LogP contribution is -2.42. The molecule has 9 nitrogen and oxygen atoms in total. The van der Waals surface area contributed by atoms with Gasteiger partial charge in [0.05, 0.1) is 4.92 Å². The molecule has 0 aliphatic carbocycles. The Labute approximate surface area is 162 Å². The second-order valence-corrected chi connectivity index (χ2v) is 6.42. The number of rotatable bonds is 5. The van der Waals surface area contributed by atoms with Crippen molar-refractivity contribution in [2.45, 2.75) is 12.5 Å². The number of non-ortho nitro benzene ring substituents is 1. The Morgan fingerprint density at radius 2 is 1.86 bits per heavy atom. The van der Waals surface area contributed by atoms with Gasteiger partial charge in [0.25, 0.3) is 11.6 Å². The standard InChI is InChI=1S/C18H14F2N4O5/c1-18(13-8-10(19)2-7-14(13)20)16(26)23(17(27)22-18)9-15(25)21-11-3-5-12(6-4-11)24(28)29/h2-8H,9H2,1H3,(H,21,25)(H,22,27)/t18-/m1/s1. The zero-order valence-corrected chi connectivity index (χ0v) is 14.9. The summed E-state index contributed by atoms with van der Waals surface area (Å²) < 4.78 is 27.6. The molecule has 2 aromatic rings. The van der Waals surface area contributed by atoms with E-state index in [-0.39, 0.29) is 16.9 Å². The SMILES string of the molecule is C[C@]1(c2cc(F)ccc2F)NC(=O)N(CC(=O)Nc2ccc([N+](=O)[O-])cc2)C1=O. The first-order valence-corrected chi connectivity index (χ1v) is 8.26. The van der Waals surface area contributed by atoms with Crippen LogP contribution in [0.1, 0.15) is 12.5 Å². The largest absolute Gasteiger partial charge is 0.325 e. The third-order valence-corrected chi connectivity index (χ3v) is 4.41. The summed E-state index contributed by atoms with van der Waals surface area (Å²) in [7, 11) is 0. The summed E-state index contributed by atoms with van der Waals surface area (Å²) >= 11 is 0. The number of halogens is 2. The fourth-order valence-electron chi connectivity index (χ4n) is 2.91. The predicted molar refractivity (Wildman–Crippen MR) is 95.7 cm³/mol. The number of carbonyl (C=O) groups is 3. The van der Waals surface area contributed by atoms with Gasteiger partial charge in [-0.3, -0.25) is 24.6 Å². The number of carbonyl (C=O) groups excluding carboxylic acids is 3. The number of nitro groups is 1. The van der Waals surface area contributed by atoms with Gasteiger partial charge in [0.1, 0.15) is 23.7 Å². The normalized spacial score (nSPS) is 18.5. The van der Waals surface area contributed by atoms with E-state index in [1.54, 1.807) is 0 Å². The van der Waals surface area contributed by atoms with Crippen LogP contribution in [-0.4, -0.2) is 34.2 Å². The highest BCUT2D eigenvalue weighted by atomic mass is 19.1. The summed E-state index contributed by atoms with van der Waals surface area (Å²) in [5, 5.41) is 15.3. The first-order valence-electron chi connectivity index (χ1n) is 8.26. The molecule has 2 aromatic carbocycles. The van der Waals surface area contributed by atoms with Crippen molar-refractivity contribution in [3.63, 3.8) is 0 Å².